The fourth-order valence-electron chi connectivity index (χ4n) is 8.74. The molecule has 12 rings (SSSR count). The Balaban J connectivity index is 1.10. The van der Waals surface area contributed by atoms with Crippen molar-refractivity contribution in [1.82, 2.24) is 19.1 Å². The van der Waals surface area contributed by atoms with Crippen molar-refractivity contribution in [2.75, 3.05) is 0 Å². The fourth-order valence-corrected chi connectivity index (χ4v) is 8.74. The van der Waals surface area contributed by atoms with Crippen LogP contribution in [0.25, 0.3) is 111 Å². The second kappa shape index (κ2) is 12.4. The standard InChI is InChI=1S/C52H32N4O/c1-2-14-37(15-3-1)56-47-24-12-9-21-44(47)54-52(56)34-28-26-33(27-29-34)35-30-36(32-38(31-35)55-45-22-10-5-16-39(45)40-17-6-11-23-46(40)55)50-51-49(41-18-4-8-20-43(41)53-50)42-19-7-13-25-48(42)57-51/h1-32H. The minimum Gasteiger partial charge on any atom is -0.454 e. The van der Waals surface area contributed by atoms with Gasteiger partial charge in [-0.25, -0.2) is 9.97 Å². The zero-order valence-corrected chi connectivity index (χ0v) is 30.7. The Bertz CT molecular complexity index is 3460. The van der Waals surface area contributed by atoms with Crippen LogP contribution in [0.5, 0.6) is 0 Å². The van der Waals surface area contributed by atoms with Crippen molar-refractivity contribution in [3.05, 3.63) is 194 Å². The average molecular weight is 729 g/mol. The van der Waals surface area contributed by atoms with E-state index >= 15 is 0 Å². The highest BCUT2D eigenvalue weighted by atomic mass is 16.3. The van der Waals surface area contributed by atoms with Gasteiger partial charge in [-0.3, -0.25) is 4.57 Å². The Labute approximate surface area is 327 Å². The van der Waals surface area contributed by atoms with Crippen LogP contribution in [-0.2, 0) is 0 Å². The van der Waals surface area contributed by atoms with Gasteiger partial charge in [-0.15, -0.1) is 0 Å². The van der Waals surface area contributed by atoms with Crippen molar-refractivity contribution in [3.8, 4) is 45.1 Å². The van der Waals surface area contributed by atoms with Gasteiger partial charge in [0.25, 0.3) is 0 Å². The van der Waals surface area contributed by atoms with Crippen molar-refractivity contribution >= 4 is 65.7 Å². The smallest absolute Gasteiger partial charge is 0.162 e. The molecule has 0 aliphatic carbocycles. The van der Waals surface area contributed by atoms with Crippen molar-refractivity contribution in [2.24, 2.45) is 0 Å². The molecular formula is C52H32N4O. The Kier molecular flexibility index (Phi) is 6.86. The molecule has 0 amide bonds. The van der Waals surface area contributed by atoms with Crippen LogP contribution in [0.4, 0.5) is 0 Å². The lowest BCUT2D eigenvalue weighted by atomic mass is 9.97. The van der Waals surface area contributed by atoms with Crippen LogP contribution >= 0.6 is 0 Å². The van der Waals surface area contributed by atoms with Crippen LogP contribution in [0, 0.1) is 0 Å². The number of pyridine rings is 1. The van der Waals surface area contributed by atoms with E-state index in [4.69, 9.17) is 14.4 Å². The number of para-hydroxylation sites is 7. The molecule has 0 saturated carbocycles. The van der Waals surface area contributed by atoms with E-state index in [2.05, 4.69) is 179 Å². The molecule has 0 atom stereocenters. The molecule has 0 radical (unpaired) electrons. The minimum atomic E-state index is 0.787. The predicted molar refractivity (Wildman–Crippen MR) is 234 cm³/mol. The number of rotatable bonds is 5. The van der Waals surface area contributed by atoms with Crippen molar-refractivity contribution in [1.29, 1.82) is 0 Å². The summed E-state index contributed by atoms with van der Waals surface area (Å²) in [6.45, 7) is 0. The molecule has 57 heavy (non-hydrogen) atoms. The van der Waals surface area contributed by atoms with Crippen molar-refractivity contribution < 1.29 is 4.42 Å². The third kappa shape index (κ3) is 4.89. The monoisotopic (exact) mass is 728 g/mol. The van der Waals surface area contributed by atoms with Gasteiger partial charge in [0.15, 0.2) is 5.58 Å². The van der Waals surface area contributed by atoms with Crippen LogP contribution in [0.3, 0.4) is 0 Å². The lowest BCUT2D eigenvalue weighted by Crippen LogP contribution is -1.98. The van der Waals surface area contributed by atoms with Gasteiger partial charge in [0.2, 0.25) is 0 Å². The lowest BCUT2D eigenvalue weighted by molar-refractivity contribution is 0.669. The zero-order chi connectivity index (χ0) is 37.5. The summed E-state index contributed by atoms with van der Waals surface area (Å²) in [5.74, 6) is 0.904. The molecule has 0 saturated heterocycles. The van der Waals surface area contributed by atoms with E-state index in [1.54, 1.807) is 0 Å². The number of imidazole rings is 1. The molecule has 4 aromatic heterocycles. The molecule has 5 heteroatoms. The number of hydrogen-bond donors (Lipinski definition) is 0. The normalized spacial score (nSPS) is 11.9. The summed E-state index contributed by atoms with van der Waals surface area (Å²) in [7, 11) is 0. The fraction of sp³-hybridized carbons (Fsp3) is 0. The number of furan rings is 1. The number of fused-ring (bicyclic) bond motifs is 9. The van der Waals surface area contributed by atoms with Gasteiger partial charge in [-0.1, -0.05) is 127 Å². The topological polar surface area (TPSA) is 48.8 Å². The second-order valence-corrected chi connectivity index (χ2v) is 14.6. The van der Waals surface area contributed by atoms with Gasteiger partial charge in [0.05, 0.1) is 27.6 Å². The van der Waals surface area contributed by atoms with Crippen molar-refractivity contribution in [3.63, 3.8) is 0 Å². The first-order valence-corrected chi connectivity index (χ1v) is 19.2. The Morgan fingerprint density at radius 1 is 0.368 bits per heavy atom. The summed E-state index contributed by atoms with van der Waals surface area (Å²) in [6, 6.07) is 68.4. The molecule has 266 valence electrons. The Hall–Kier alpha value is -7.76. The highest BCUT2D eigenvalue weighted by Gasteiger charge is 2.21. The summed E-state index contributed by atoms with van der Waals surface area (Å²) < 4.78 is 11.3. The summed E-state index contributed by atoms with van der Waals surface area (Å²) in [5.41, 5.74) is 14.0. The third-order valence-electron chi connectivity index (χ3n) is 11.3. The van der Waals surface area contributed by atoms with E-state index in [9.17, 15) is 0 Å². The average Bonchev–Trinajstić information content (AvgIpc) is 3.97. The highest BCUT2D eigenvalue weighted by Crippen LogP contribution is 2.42. The second-order valence-electron chi connectivity index (χ2n) is 14.6. The molecule has 4 heterocycles. The molecule has 0 aliphatic rings. The first-order chi connectivity index (χ1) is 28.3. The molecule has 0 N–H and O–H groups in total. The summed E-state index contributed by atoms with van der Waals surface area (Å²) in [6.07, 6.45) is 0. The quantitative estimate of drug-likeness (QED) is 0.177. The predicted octanol–water partition coefficient (Wildman–Crippen LogP) is 13.6. The summed E-state index contributed by atoms with van der Waals surface area (Å²) in [4.78, 5) is 10.5. The molecule has 0 spiro atoms. The first kappa shape index (κ1) is 31.6. The van der Waals surface area contributed by atoms with Crippen LogP contribution in [0.2, 0.25) is 0 Å². The Morgan fingerprint density at radius 2 is 0.947 bits per heavy atom. The zero-order valence-electron chi connectivity index (χ0n) is 30.7. The molecule has 5 nitrogen and oxygen atoms in total. The lowest BCUT2D eigenvalue weighted by Gasteiger charge is -2.15. The molecule has 0 aliphatic heterocycles. The maximum atomic E-state index is 6.72. The van der Waals surface area contributed by atoms with Crippen LogP contribution in [0.15, 0.2) is 199 Å². The van der Waals surface area contributed by atoms with E-state index in [1.807, 2.05) is 24.3 Å². The molecule has 12 aromatic rings. The van der Waals surface area contributed by atoms with Gasteiger partial charge in [0, 0.05) is 49.4 Å². The van der Waals surface area contributed by atoms with E-state index in [-0.39, 0.29) is 0 Å². The van der Waals surface area contributed by atoms with Crippen LogP contribution in [0.1, 0.15) is 0 Å². The third-order valence-corrected chi connectivity index (χ3v) is 11.3. The van der Waals surface area contributed by atoms with Crippen LogP contribution in [-0.4, -0.2) is 19.1 Å². The molecular weight excluding hydrogens is 697 g/mol. The first-order valence-electron chi connectivity index (χ1n) is 19.2. The summed E-state index contributed by atoms with van der Waals surface area (Å²) >= 11 is 0. The number of aromatic nitrogens is 4. The summed E-state index contributed by atoms with van der Waals surface area (Å²) in [5, 5.41) is 5.68. The number of nitrogens with zero attached hydrogens (tertiary/aromatic N) is 4. The van der Waals surface area contributed by atoms with Crippen molar-refractivity contribution in [2.45, 2.75) is 0 Å². The number of hydrogen-bond acceptors (Lipinski definition) is 3. The van der Waals surface area contributed by atoms with E-state index in [1.165, 1.54) is 10.8 Å². The molecule has 8 aromatic carbocycles. The largest absolute Gasteiger partial charge is 0.454 e. The van der Waals surface area contributed by atoms with Gasteiger partial charge in [-0.2, -0.15) is 0 Å². The van der Waals surface area contributed by atoms with Gasteiger partial charge in [-0.05, 0) is 77.9 Å². The molecule has 0 fully saturated rings. The highest BCUT2D eigenvalue weighted by molar-refractivity contribution is 6.21. The van der Waals surface area contributed by atoms with Gasteiger partial charge >= 0.3 is 0 Å². The van der Waals surface area contributed by atoms with E-state index in [0.29, 0.717) is 0 Å². The van der Waals surface area contributed by atoms with E-state index < -0.39 is 0 Å². The van der Waals surface area contributed by atoms with E-state index in [0.717, 1.165) is 100 Å². The van der Waals surface area contributed by atoms with Gasteiger partial charge < -0.3 is 8.98 Å². The number of benzene rings is 8. The maximum Gasteiger partial charge on any atom is 0.162 e. The van der Waals surface area contributed by atoms with Gasteiger partial charge in [0.1, 0.15) is 17.1 Å². The van der Waals surface area contributed by atoms with Crippen LogP contribution < -0.4 is 0 Å². The molecule has 0 unspecified atom stereocenters. The SMILES string of the molecule is c1ccc(-n2c(-c3ccc(-c4cc(-c5nc6ccccc6c6c5oc5ccccc56)cc(-n5c6ccccc6c6ccccc65)c4)cc3)nc3ccccc32)cc1. The Morgan fingerprint density at radius 3 is 1.70 bits per heavy atom. The maximum absolute atomic E-state index is 6.72. The minimum absolute atomic E-state index is 0.787. The molecule has 0 bridgehead atoms.